The quantitative estimate of drug-likeness (QED) is 0.845. The number of hydrogen-bond acceptors (Lipinski definition) is 2. The minimum Gasteiger partial charge on any atom is -0.508 e. The summed E-state index contributed by atoms with van der Waals surface area (Å²) in [4.78, 5) is 11.3. The SMILES string of the molecule is Cc1cc(C(C)(C)C)c(O)cc1C1(C(=O)O)CC1. The van der Waals surface area contributed by atoms with Crippen molar-refractivity contribution < 1.29 is 15.0 Å². The van der Waals surface area contributed by atoms with Gasteiger partial charge in [-0.3, -0.25) is 4.79 Å². The Balaban J connectivity index is 2.55. The maximum Gasteiger partial charge on any atom is 0.314 e. The van der Waals surface area contributed by atoms with Crippen LogP contribution < -0.4 is 0 Å². The van der Waals surface area contributed by atoms with E-state index in [0.29, 0.717) is 12.8 Å². The highest BCUT2D eigenvalue weighted by atomic mass is 16.4. The van der Waals surface area contributed by atoms with Crippen molar-refractivity contribution in [3.05, 3.63) is 28.8 Å². The maximum absolute atomic E-state index is 11.3. The Labute approximate surface area is 107 Å². The van der Waals surface area contributed by atoms with Crippen LogP contribution in [0.2, 0.25) is 0 Å². The highest BCUT2D eigenvalue weighted by Gasteiger charge is 2.52. The number of aryl methyl sites for hydroxylation is 1. The smallest absolute Gasteiger partial charge is 0.314 e. The predicted octanol–water partition coefficient (Wildman–Crippen LogP) is 3.11. The first-order chi connectivity index (χ1) is 8.18. The maximum atomic E-state index is 11.3. The molecule has 1 aliphatic rings. The molecule has 1 saturated carbocycles. The van der Waals surface area contributed by atoms with Gasteiger partial charge in [0.05, 0.1) is 5.41 Å². The number of rotatable bonds is 2. The molecule has 18 heavy (non-hydrogen) atoms. The number of carbonyl (C=O) groups is 1. The lowest BCUT2D eigenvalue weighted by Gasteiger charge is -2.23. The van der Waals surface area contributed by atoms with Crippen molar-refractivity contribution >= 4 is 5.97 Å². The van der Waals surface area contributed by atoms with E-state index in [9.17, 15) is 15.0 Å². The van der Waals surface area contributed by atoms with Crippen molar-refractivity contribution in [1.29, 1.82) is 0 Å². The largest absolute Gasteiger partial charge is 0.508 e. The molecule has 0 saturated heterocycles. The average molecular weight is 248 g/mol. The Kier molecular flexibility index (Phi) is 2.69. The van der Waals surface area contributed by atoms with Crippen LogP contribution in [0.4, 0.5) is 0 Å². The van der Waals surface area contributed by atoms with Gasteiger partial charge in [0, 0.05) is 0 Å². The van der Waals surface area contributed by atoms with Crippen LogP contribution in [0.25, 0.3) is 0 Å². The summed E-state index contributed by atoms with van der Waals surface area (Å²) in [6.45, 7) is 8.02. The van der Waals surface area contributed by atoms with Gasteiger partial charge < -0.3 is 10.2 Å². The molecule has 1 aliphatic carbocycles. The van der Waals surface area contributed by atoms with Crippen molar-refractivity contribution in [3.8, 4) is 5.75 Å². The van der Waals surface area contributed by atoms with E-state index in [2.05, 4.69) is 0 Å². The summed E-state index contributed by atoms with van der Waals surface area (Å²) in [6, 6.07) is 3.57. The fraction of sp³-hybridized carbons (Fsp3) is 0.533. The van der Waals surface area contributed by atoms with Crippen molar-refractivity contribution in [1.82, 2.24) is 0 Å². The molecule has 98 valence electrons. The van der Waals surface area contributed by atoms with E-state index >= 15 is 0 Å². The first kappa shape index (κ1) is 12.9. The Morgan fingerprint density at radius 2 is 1.83 bits per heavy atom. The second-order valence-corrected chi connectivity index (χ2v) is 6.32. The number of phenols is 1. The lowest BCUT2D eigenvalue weighted by atomic mass is 9.82. The summed E-state index contributed by atoms with van der Waals surface area (Å²) < 4.78 is 0. The minimum absolute atomic E-state index is 0.146. The van der Waals surface area contributed by atoms with E-state index in [1.54, 1.807) is 6.07 Å². The molecule has 1 aromatic rings. The summed E-state index contributed by atoms with van der Waals surface area (Å²) in [7, 11) is 0. The van der Waals surface area contributed by atoms with Crippen LogP contribution in [0, 0.1) is 6.92 Å². The summed E-state index contributed by atoms with van der Waals surface area (Å²) in [5.41, 5.74) is 1.69. The molecule has 2 N–H and O–H groups in total. The molecule has 0 unspecified atom stereocenters. The van der Waals surface area contributed by atoms with E-state index < -0.39 is 11.4 Å². The zero-order valence-electron chi connectivity index (χ0n) is 11.4. The molecule has 3 nitrogen and oxygen atoms in total. The van der Waals surface area contributed by atoms with Gasteiger partial charge in [0.15, 0.2) is 0 Å². The Hall–Kier alpha value is -1.51. The summed E-state index contributed by atoms with van der Waals surface area (Å²) in [5.74, 6) is -0.580. The van der Waals surface area contributed by atoms with E-state index in [0.717, 1.165) is 16.7 Å². The molecular formula is C15H20O3. The van der Waals surface area contributed by atoms with Crippen molar-refractivity contribution in [2.24, 2.45) is 0 Å². The van der Waals surface area contributed by atoms with Crippen molar-refractivity contribution in [2.75, 3.05) is 0 Å². The number of carboxylic acids is 1. The Bertz CT molecular complexity index is 505. The fourth-order valence-corrected chi connectivity index (χ4v) is 2.54. The molecule has 1 aromatic carbocycles. The number of hydrogen-bond donors (Lipinski definition) is 2. The normalized spacial score (nSPS) is 17.6. The van der Waals surface area contributed by atoms with Crippen LogP contribution in [-0.2, 0) is 15.6 Å². The molecule has 0 heterocycles. The van der Waals surface area contributed by atoms with Crippen LogP contribution >= 0.6 is 0 Å². The fourth-order valence-electron chi connectivity index (χ4n) is 2.54. The highest BCUT2D eigenvalue weighted by molar-refractivity contribution is 5.85. The molecule has 0 spiro atoms. The highest BCUT2D eigenvalue weighted by Crippen LogP contribution is 2.51. The standard InChI is InChI=1S/C15H20O3/c1-9-7-11(14(2,3)4)12(16)8-10(9)15(5-6-15)13(17)18/h7-8,16H,5-6H2,1-4H3,(H,17,18). The van der Waals surface area contributed by atoms with Crippen LogP contribution in [-0.4, -0.2) is 16.2 Å². The summed E-state index contributed by atoms with van der Waals surface area (Å²) >= 11 is 0. The molecule has 0 aliphatic heterocycles. The van der Waals surface area contributed by atoms with Crippen LogP contribution in [0.5, 0.6) is 5.75 Å². The van der Waals surface area contributed by atoms with Gasteiger partial charge in [-0.05, 0) is 47.9 Å². The third-order valence-corrected chi connectivity index (χ3v) is 3.83. The van der Waals surface area contributed by atoms with Crippen molar-refractivity contribution in [3.63, 3.8) is 0 Å². The van der Waals surface area contributed by atoms with Gasteiger partial charge in [-0.2, -0.15) is 0 Å². The monoisotopic (exact) mass is 248 g/mol. The van der Waals surface area contributed by atoms with Gasteiger partial charge in [0.25, 0.3) is 0 Å². The van der Waals surface area contributed by atoms with Gasteiger partial charge >= 0.3 is 5.97 Å². The van der Waals surface area contributed by atoms with E-state index in [1.165, 1.54) is 0 Å². The van der Waals surface area contributed by atoms with E-state index in [4.69, 9.17) is 0 Å². The topological polar surface area (TPSA) is 57.5 Å². The molecule has 1 fully saturated rings. The van der Waals surface area contributed by atoms with Crippen LogP contribution in [0.3, 0.4) is 0 Å². The molecule has 0 aromatic heterocycles. The van der Waals surface area contributed by atoms with Gasteiger partial charge in [0.2, 0.25) is 0 Å². The average Bonchev–Trinajstić information content (AvgIpc) is 3.00. The lowest BCUT2D eigenvalue weighted by molar-refractivity contribution is -0.140. The zero-order valence-corrected chi connectivity index (χ0v) is 11.4. The molecule has 0 bridgehead atoms. The number of phenolic OH excluding ortho intramolecular Hbond substituents is 1. The summed E-state index contributed by atoms with van der Waals surface area (Å²) in [5, 5.41) is 19.5. The van der Waals surface area contributed by atoms with E-state index in [1.807, 2.05) is 33.8 Å². The number of benzene rings is 1. The van der Waals surface area contributed by atoms with Gasteiger partial charge in [-0.25, -0.2) is 0 Å². The van der Waals surface area contributed by atoms with Crippen LogP contribution in [0.1, 0.15) is 50.3 Å². The number of aromatic hydroxyl groups is 1. The third-order valence-electron chi connectivity index (χ3n) is 3.83. The molecule has 3 heteroatoms. The Morgan fingerprint density at radius 3 is 2.22 bits per heavy atom. The van der Waals surface area contributed by atoms with Crippen LogP contribution in [0.15, 0.2) is 12.1 Å². The lowest BCUT2D eigenvalue weighted by Crippen LogP contribution is -2.21. The Morgan fingerprint density at radius 1 is 1.28 bits per heavy atom. The van der Waals surface area contributed by atoms with Gasteiger partial charge in [-0.1, -0.05) is 26.8 Å². The molecule has 2 rings (SSSR count). The first-order valence-corrected chi connectivity index (χ1v) is 6.26. The minimum atomic E-state index is -0.784. The first-order valence-electron chi connectivity index (χ1n) is 6.26. The predicted molar refractivity (Wildman–Crippen MR) is 70.1 cm³/mol. The number of aliphatic carboxylic acids is 1. The molecule has 0 atom stereocenters. The van der Waals surface area contributed by atoms with Gasteiger partial charge in [-0.15, -0.1) is 0 Å². The van der Waals surface area contributed by atoms with Gasteiger partial charge in [0.1, 0.15) is 5.75 Å². The second-order valence-electron chi connectivity index (χ2n) is 6.32. The third kappa shape index (κ3) is 1.88. The molecule has 0 radical (unpaired) electrons. The summed E-state index contributed by atoms with van der Waals surface area (Å²) in [6.07, 6.45) is 1.33. The molecular weight excluding hydrogens is 228 g/mol. The number of carboxylic acid groups (broad SMARTS) is 1. The second kappa shape index (κ2) is 3.74. The van der Waals surface area contributed by atoms with Crippen molar-refractivity contribution in [2.45, 2.75) is 51.4 Å². The zero-order chi connectivity index (χ0) is 13.7. The molecule has 0 amide bonds. The van der Waals surface area contributed by atoms with E-state index in [-0.39, 0.29) is 11.2 Å².